The first-order chi connectivity index (χ1) is 14.8. The summed E-state index contributed by atoms with van der Waals surface area (Å²) >= 11 is 0. The maximum Gasteiger partial charge on any atom is 0.190 e. The average molecular weight is 445 g/mol. The molecule has 1 rings (SSSR count). The predicted octanol–water partition coefficient (Wildman–Crippen LogP) is 5.44. The van der Waals surface area contributed by atoms with Crippen molar-refractivity contribution in [2.45, 2.75) is 91.8 Å². The van der Waals surface area contributed by atoms with E-state index in [-0.39, 0.29) is 17.3 Å². The molecule has 0 aliphatic heterocycles. The molecule has 2 atom stereocenters. The Bertz CT molecular complexity index is 870. The zero-order chi connectivity index (χ0) is 24.5. The van der Waals surface area contributed by atoms with Crippen LogP contribution in [-0.4, -0.2) is 37.9 Å². The third-order valence-corrected chi connectivity index (χ3v) is 5.61. The van der Waals surface area contributed by atoms with Gasteiger partial charge in [-0.25, -0.2) is 0 Å². The van der Waals surface area contributed by atoms with Gasteiger partial charge in [0.1, 0.15) is 17.6 Å². The lowest BCUT2D eigenvalue weighted by Crippen LogP contribution is -2.24. The van der Waals surface area contributed by atoms with Crippen LogP contribution < -0.4 is 0 Å². The van der Waals surface area contributed by atoms with Gasteiger partial charge < -0.3 is 20.4 Å². The van der Waals surface area contributed by atoms with Crippen molar-refractivity contribution in [2.75, 3.05) is 0 Å². The van der Waals surface area contributed by atoms with Crippen LogP contribution in [0.1, 0.15) is 77.8 Å². The molecule has 4 N–H and O–H groups in total. The van der Waals surface area contributed by atoms with Crippen LogP contribution in [0.25, 0.3) is 0 Å². The Morgan fingerprint density at radius 2 is 1.72 bits per heavy atom. The number of carbonyl (C=O) groups is 1. The summed E-state index contributed by atoms with van der Waals surface area (Å²) in [5.74, 6) is 0.0207. The summed E-state index contributed by atoms with van der Waals surface area (Å²) in [5, 5.41) is 40.5. The lowest BCUT2D eigenvalue weighted by Gasteiger charge is -2.23. The van der Waals surface area contributed by atoms with E-state index in [1.807, 2.05) is 26.8 Å². The highest BCUT2D eigenvalue weighted by molar-refractivity contribution is 5.99. The first-order valence-corrected chi connectivity index (χ1v) is 11.3. The number of phenolic OH excluding ortho intramolecular Hbond substituents is 2. The van der Waals surface area contributed by atoms with Crippen molar-refractivity contribution in [2.24, 2.45) is 0 Å². The molecule has 1 aromatic carbocycles. The largest absolute Gasteiger partial charge is 0.508 e. The van der Waals surface area contributed by atoms with E-state index in [9.17, 15) is 25.2 Å². The summed E-state index contributed by atoms with van der Waals surface area (Å²) in [5.41, 5.74) is 3.03. The van der Waals surface area contributed by atoms with Gasteiger partial charge >= 0.3 is 0 Å². The Balaban J connectivity index is 2.50. The van der Waals surface area contributed by atoms with Crippen LogP contribution in [0, 0.1) is 6.92 Å². The van der Waals surface area contributed by atoms with Crippen LogP contribution >= 0.6 is 0 Å². The molecule has 0 heterocycles. The molecule has 178 valence electrons. The Labute approximate surface area is 192 Å². The van der Waals surface area contributed by atoms with Crippen molar-refractivity contribution in [3.8, 4) is 11.5 Å². The maximum absolute atomic E-state index is 12.1. The summed E-state index contributed by atoms with van der Waals surface area (Å²) in [6, 6.07) is 3.06. The van der Waals surface area contributed by atoms with E-state index in [0.717, 1.165) is 18.4 Å². The number of carbonyl (C=O) groups excluding carboxylic acids is 1. The van der Waals surface area contributed by atoms with Crippen LogP contribution in [0.15, 0.2) is 47.1 Å². The molecule has 32 heavy (non-hydrogen) atoms. The average Bonchev–Trinajstić information content (AvgIpc) is 2.68. The molecule has 2 unspecified atom stereocenters. The third kappa shape index (κ3) is 9.84. The number of benzene rings is 1. The lowest BCUT2D eigenvalue weighted by molar-refractivity contribution is -0.121. The SMILES string of the molecule is CC(C)=CC(O)C(=O)/C(C)=C/CC/C(C)=C/CCC(C)(O)CCc1cc(O)cc(C)c1O. The highest BCUT2D eigenvalue weighted by Crippen LogP contribution is 2.30. The number of hydrogen-bond donors (Lipinski definition) is 4. The molecule has 0 spiro atoms. The fourth-order valence-corrected chi connectivity index (χ4v) is 3.52. The van der Waals surface area contributed by atoms with E-state index < -0.39 is 11.7 Å². The lowest BCUT2D eigenvalue weighted by atomic mass is 9.91. The number of hydrogen-bond acceptors (Lipinski definition) is 5. The minimum absolute atomic E-state index is 0.117. The molecular formula is C27H40O5. The molecule has 5 heteroatoms. The smallest absolute Gasteiger partial charge is 0.190 e. The number of phenols is 2. The van der Waals surface area contributed by atoms with Crippen LogP contribution in [0.2, 0.25) is 0 Å². The molecule has 5 nitrogen and oxygen atoms in total. The Morgan fingerprint density at radius 1 is 1.06 bits per heavy atom. The van der Waals surface area contributed by atoms with E-state index in [1.165, 1.54) is 11.6 Å². The monoisotopic (exact) mass is 444 g/mol. The zero-order valence-corrected chi connectivity index (χ0v) is 20.4. The number of ketones is 1. The molecule has 0 saturated heterocycles. The van der Waals surface area contributed by atoms with Crippen molar-refractivity contribution < 1.29 is 25.2 Å². The van der Waals surface area contributed by atoms with E-state index in [0.29, 0.717) is 42.4 Å². The van der Waals surface area contributed by atoms with Crippen LogP contribution in [-0.2, 0) is 11.2 Å². The fourth-order valence-electron chi connectivity index (χ4n) is 3.52. The van der Waals surface area contributed by atoms with Crippen LogP contribution in [0.5, 0.6) is 11.5 Å². The van der Waals surface area contributed by atoms with Gasteiger partial charge in [-0.05, 0) is 115 Å². The van der Waals surface area contributed by atoms with Crippen molar-refractivity contribution in [1.29, 1.82) is 0 Å². The summed E-state index contributed by atoms with van der Waals surface area (Å²) in [6.07, 6.45) is 8.24. The van der Waals surface area contributed by atoms with Crippen molar-refractivity contribution >= 4 is 5.78 Å². The molecule has 0 aromatic heterocycles. The second-order valence-electron chi connectivity index (χ2n) is 9.34. The first-order valence-electron chi connectivity index (χ1n) is 11.3. The number of Topliss-reactive ketones (excluding diaryl/α,β-unsaturated/α-hetero) is 1. The van der Waals surface area contributed by atoms with Crippen LogP contribution in [0.4, 0.5) is 0 Å². The molecule has 0 radical (unpaired) electrons. The molecule has 0 amide bonds. The fraction of sp³-hybridized carbons (Fsp3) is 0.519. The Morgan fingerprint density at radius 3 is 2.34 bits per heavy atom. The van der Waals surface area contributed by atoms with E-state index in [2.05, 4.69) is 6.08 Å². The molecule has 0 bridgehead atoms. The standard InChI is InChI=1S/C27H40O5/c1-18(2)15-24(29)26(31)20(4)11-7-9-19(3)10-8-13-27(6,32)14-12-22-17-23(28)16-21(5)25(22)30/h10-11,15-17,24,28-30,32H,7-9,12-14H2,1-6H3/b19-10+,20-11+. The molecular weight excluding hydrogens is 404 g/mol. The van der Waals surface area contributed by atoms with Crippen molar-refractivity contribution in [1.82, 2.24) is 0 Å². The Kier molecular flexibility index (Phi) is 10.9. The van der Waals surface area contributed by atoms with Gasteiger partial charge in [0.15, 0.2) is 5.78 Å². The number of aliphatic hydroxyl groups excluding tert-OH is 1. The molecule has 0 fully saturated rings. The van der Waals surface area contributed by atoms with Gasteiger partial charge in [0, 0.05) is 0 Å². The van der Waals surface area contributed by atoms with Gasteiger partial charge in [-0.2, -0.15) is 0 Å². The topological polar surface area (TPSA) is 98.0 Å². The molecule has 0 aliphatic carbocycles. The van der Waals surface area contributed by atoms with Gasteiger partial charge in [0.05, 0.1) is 5.60 Å². The number of rotatable bonds is 12. The maximum atomic E-state index is 12.1. The second-order valence-corrected chi connectivity index (χ2v) is 9.34. The molecule has 1 aromatic rings. The van der Waals surface area contributed by atoms with Crippen molar-refractivity contribution in [3.05, 3.63) is 58.2 Å². The number of allylic oxidation sites excluding steroid dienone is 4. The van der Waals surface area contributed by atoms with Gasteiger partial charge in [-0.15, -0.1) is 0 Å². The van der Waals surface area contributed by atoms with Gasteiger partial charge in [0.25, 0.3) is 0 Å². The van der Waals surface area contributed by atoms with Crippen LogP contribution in [0.3, 0.4) is 0 Å². The highest BCUT2D eigenvalue weighted by atomic mass is 16.3. The summed E-state index contributed by atoms with van der Waals surface area (Å²) in [4.78, 5) is 12.1. The predicted molar refractivity (Wildman–Crippen MR) is 130 cm³/mol. The minimum atomic E-state index is -1.08. The summed E-state index contributed by atoms with van der Waals surface area (Å²) in [7, 11) is 0. The van der Waals surface area contributed by atoms with E-state index >= 15 is 0 Å². The van der Waals surface area contributed by atoms with Gasteiger partial charge in [-0.3, -0.25) is 4.79 Å². The Hall–Kier alpha value is -2.37. The number of aliphatic hydroxyl groups is 2. The molecule has 0 aliphatic rings. The number of aryl methyl sites for hydroxylation is 2. The van der Waals surface area contributed by atoms with E-state index in [4.69, 9.17) is 0 Å². The van der Waals surface area contributed by atoms with Gasteiger partial charge in [-0.1, -0.05) is 23.3 Å². The third-order valence-electron chi connectivity index (χ3n) is 5.61. The quantitative estimate of drug-likeness (QED) is 0.195. The molecule has 0 saturated carbocycles. The van der Waals surface area contributed by atoms with E-state index in [1.54, 1.807) is 32.9 Å². The second kappa shape index (κ2) is 12.6. The van der Waals surface area contributed by atoms with Crippen molar-refractivity contribution in [3.63, 3.8) is 0 Å². The first kappa shape index (κ1) is 27.7. The minimum Gasteiger partial charge on any atom is -0.508 e. The summed E-state index contributed by atoms with van der Waals surface area (Å²) in [6.45, 7) is 11.0. The summed E-state index contributed by atoms with van der Waals surface area (Å²) < 4.78 is 0. The normalized spacial score (nSPS) is 15.2. The van der Waals surface area contributed by atoms with Gasteiger partial charge in [0.2, 0.25) is 0 Å². The highest BCUT2D eigenvalue weighted by Gasteiger charge is 2.20. The zero-order valence-electron chi connectivity index (χ0n) is 20.4. The number of aromatic hydroxyl groups is 2.